The Bertz CT molecular complexity index is 686. The highest BCUT2D eigenvalue weighted by Crippen LogP contribution is 2.46. The smallest absolute Gasteiger partial charge is 0.323 e. The fourth-order valence-corrected chi connectivity index (χ4v) is 2.99. The van der Waals surface area contributed by atoms with E-state index < -0.39 is 18.7 Å². The molecule has 0 aliphatic carbocycles. The zero-order valence-corrected chi connectivity index (χ0v) is 12.0. The fraction of sp³-hybridized carbons (Fsp3) is 0.357. The van der Waals surface area contributed by atoms with Crippen molar-refractivity contribution in [3.05, 3.63) is 23.3 Å². The first kappa shape index (κ1) is 14.2. The predicted molar refractivity (Wildman–Crippen MR) is 72.7 cm³/mol. The molecule has 0 spiro atoms. The number of hydrogen-bond acceptors (Lipinski definition) is 5. The van der Waals surface area contributed by atoms with E-state index in [1.54, 1.807) is 12.1 Å². The van der Waals surface area contributed by atoms with Gasteiger partial charge in [0.05, 0.1) is 19.8 Å². The molecule has 1 N–H and O–H groups in total. The van der Waals surface area contributed by atoms with Crippen molar-refractivity contribution < 1.29 is 29.0 Å². The van der Waals surface area contributed by atoms with Crippen molar-refractivity contribution in [2.45, 2.75) is 6.17 Å². The lowest BCUT2D eigenvalue weighted by molar-refractivity contribution is -0.143. The Morgan fingerprint density at radius 2 is 2.05 bits per heavy atom. The first-order valence-electron chi connectivity index (χ1n) is 6.56. The van der Waals surface area contributed by atoms with E-state index >= 15 is 0 Å². The molecule has 0 saturated carbocycles. The maximum atomic E-state index is 12.6. The van der Waals surface area contributed by atoms with Gasteiger partial charge in [-0.1, -0.05) is 6.07 Å². The monoisotopic (exact) mass is 306 g/mol. The minimum atomic E-state index is -1.13. The lowest BCUT2D eigenvalue weighted by Crippen LogP contribution is -2.34. The first-order chi connectivity index (χ1) is 10.5. The van der Waals surface area contributed by atoms with Crippen molar-refractivity contribution in [3.8, 4) is 11.5 Å². The van der Waals surface area contributed by atoms with Gasteiger partial charge in [0.25, 0.3) is 5.91 Å². The molecule has 2 aliphatic heterocycles. The average molecular weight is 306 g/mol. The van der Waals surface area contributed by atoms with Crippen LogP contribution >= 0.6 is 0 Å². The van der Waals surface area contributed by atoms with Crippen LogP contribution in [0.4, 0.5) is 0 Å². The van der Waals surface area contributed by atoms with Gasteiger partial charge in [-0.2, -0.15) is 0 Å². The van der Waals surface area contributed by atoms with Crippen LogP contribution in [0.2, 0.25) is 0 Å². The van der Waals surface area contributed by atoms with Gasteiger partial charge in [-0.3, -0.25) is 14.4 Å². The molecule has 1 aromatic rings. The van der Waals surface area contributed by atoms with E-state index in [4.69, 9.17) is 14.6 Å². The third kappa shape index (κ3) is 1.80. The van der Waals surface area contributed by atoms with Crippen LogP contribution in [0.5, 0.6) is 11.5 Å². The lowest BCUT2D eigenvalue weighted by atomic mass is 10.1. The maximum Gasteiger partial charge on any atom is 0.323 e. The molecule has 2 aliphatic rings. The summed E-state index contributed by atoms with van der Waals surface area (Å²) in [7, 11) is 2.89. The van der Waals surface area contributed by atoms with Crippen molar-refractivity contribution in [2.75, 3.05) is 27.3 Å². The third-order valence-corrected chi connectivity index (χ3v) is 3.85. The molecule has 3 rings (SSSR count). The number of aliphatic carboxylic acids is 1. The number of carboxylic acids is 1. The average Bonchev–Trinajstić information content (AvgIpc) is 2.94. The van der Waals surface area contributed by atoms with Crippen LogP contribution in [-0.2, 0) is 9.59 Å². The summed E-state index contributed by atoms with van der Waals surface area (Å²) < 4.78 is 10.4. The Hall–Kier alpha value is -2.77. The SMILES string of the molecule is COc1ccc2c(c1OC)C(=O)N1CC(=O)N(CC(=O)O)C21. The van der Waals surface area contributed by atoms with Gasteiger partial charge < -0.3 is 24.4 Å². The molecule has 1 saturated heterocycles. The number of nitrogens with zero attached hydrogens (tertiary/aromatic N) is 2. The summed E-state index contributed by atoms with van der Waals surface area (Å²) in [6, 6.07) is 3.29. The summed E-state index contributed by atoms with van der Waals surface area (Å²) in [5.41, 5.74) is 0.865. The van der Waals surface area contributed by atoms with Crippen LogP contribution < -0.4 is 9.47 Å². The van der Waals surface area contributed by atoms with Gasteiger partial charge in [-0.25, -0.2) is 0 Å². The van der Waals surface area contributed by atoms with Crippen molar-refractivity contribution in [1.82, 2.24) is 9.80 Å². The van der Waals surface area contributed by atoms with Crippen LogP contribution in [0.3, 0.4) is 0 Å². The molecule has 8 nitrogen and oxygen atoms in total. The van der Waals surface area contributed by atoms with Gasteiger partial charge in [0.15, 0.2) is 11.5 Å². The summed E-state index contributed by atoms with van der Waals surface area (Å²) in [5, 5.41) is 8.97. The first-order valence-corrected chi connectivity index (χ1v) is 6.56. The Labute approximate surface area is 125 Å². The summed E-state index contributed by atoms with van der Waals surface area (Å²) in [5.74, 6) is -1.18. The largest absolute Gasteiger partial charge is 0.493 e. The van der Waals surface area contributed by atoms with Crippen molar-refractivity contribution >= 4 is 17.8 Å². The van der Waals surface area contributed by atoms with Crippen molar-refractivity contribution in [1.29, 1.82) is 0 Å². The highest BCUT2D eigenvalue weighted by molar-refractivity contribution is 6.06. The highest BCUT2D eigenvalue weighted by Gasteiger charge is 2.50. The highest BCUT2D eigenvalue weighted by atomic mass is 16.5. The van der Waals surface area contributed by atoms with Gasteiger partial charge in [0.2, 0.25) is 5.91 Å². The Morgan fingerprint density at radius 1 is 1.32 bits per heavy atom. The van der Waals surface area contributed by atoms with Crippen LogP contribution in [0, 0.1) is 0 Å². The van der Waals surface area contributed by atoms with Crippen LogP contribution in [0.25, 0.3) is 0 Å². The molecule has 2 heterocycles. The molecule has 1 aromatic carbocycles. The number of carbonyl (C=O) groups excluding carboxylic acids is 2. The van der Waals surface area contributed by atoms with Gasteiger partial charge in [-0.15, -0.1) is 0 Å². The number of carbonyl (C=O) groups is 3. The van der Waals surface area contributed by atoms with Crippen LogP contribution in [0.1, 0.15) is 22.1 Å². The number of methoxy groups -OCH3 is 2. The molecule has 116 valence electrons. The van der Waals surface area contributed by atoms with E-state index in [9.17, 15) is 14.4 Å². The molecule has 0 radical (unpaired) electrons. The van der Waals surface area contributed by atoms with Crippen LogP contribution in [-0.4, -0.2) is 60.0 Å². The third-order valence-electron chi connectivity index (χ3n) is 3.85. The summed E-state index contributed by atoms with van der Waals surface area (Å²) in [6.45, 7) is -0.599. The molecule has 22 heavy (non-hydrogen) atoms. The minimum Gasteiger partial charge on any atom is -0.493 e. The Morgan fingerprint density at radius 3 is 2.64 bits per heavy atom. The molecular weight excluding hydrogens is 292 g/mol. The Balaban J connectivity index is 2.12. The van der Waals surface area contributed by atoms with Crippen molar-refractivity contribution in [3.63, 3.8) is 0 Å². The minimum absolute atomic E-state index is 0.142. The van der Waals surface area contributed by atoms with E-state index in [0.717, 1.165) is 0 Å². The Kier molecular flexibility index (Phi) is 3.16. The molecule has 0 bridgehead atoms. The normalized spacial score (nSPS) is 19.3. The number of carboxylic acid groups (broad SMARTS) is 1. The maximum absolute atomic E-state index is 12.6. The van der Waals surface area contributed by atoms with Gasteiger partial charge in [0.1, 0.15) is 19.3 Å². The molecule has 2 amide bonds. The molecule has 0 aromatic heterocycles. The number of rotatable bonds is 4. The number of hydrogen-bond donors (Lipinski definition) is 1. The quantitative estimate of drug-likeness (QED) is 0.846. The van der Waals surface area contributed by atoms with E-state index in [2.05, 4.69) is 0 Å². The molecule has 1 fully saturated rings. The number of amides is 2. The number of fused-ring (bicyclic) bond motifs is 3. The summed E-state index contributed by atoms with van der Waals surface area (Å²) in [6.07, 6.45) is -0.703. The lowest BCUT2D eigenvalue weighted by Gasteiger charge is -2.23. The zero-order chi connectivity index (χ0) is 16.0. The predicted octanol–water partition coefficient (Wildman–Crippen LogP) is 0.0850. The second-order valence-corrected chi connectivity index (χ2v) is 4.99. The van der Waals surface area contributed by atoms with E-state index in [0.29, 0.717) is 22.6 Å². The van der Waals surface area contributed by atoms with Gasteiger partial charge in [-0.05, 0) is 6.07 Å². The molecular formula is C14H14N2O6. The summed E-state index contributed by atoms with van der Waals surface area (Å²) >= 11 is 0. The second kappa shape index (κ2) is 4.90. The molecule has 1 atom stereocenters. The van der Waals surface area contributed by atoms with Crippen LogP contribution in [0.15, 0.2) is 12.1 Å². The van der Waals surface area contributed by atoms with Crippen molar-refractivity contribution in [2.24, 2.45) is 0 Å². The second-order valence-electron chi connectivity index (χ2n) is 4.99. The number of ether oxygens (including phenoxy) is 2. The molecule has 8 heteroatoms. The zero-order valence-electron chi connectivity index (χ0n) is 12.0. The van der Waals surface area contributed by atoms with E-state index in [-0.39, 0.29) is 18.4 Å². The van der Waals surface area contributed by atoms with Gasteiger partial charge in [0, 0.05) is 5.56 Å². The van der Waals surface area contributed by atoms with E-state index in [1.165, 1.54) is 24.0 Å². The fourth-order valence-electron chi connectivity index (χ4n) is 2.99. The molecule has 1 unspecified atom stereocenters. The topological polar surface area (TPSA) is 96.4 Å². The van der Waals surface area contributed by atoms with Gasteiger partial charge >= 0.3 is 5.97 Å². The number of benzene rings is 1. The van der Waals surface area contributed by atoms with E-state index in [1.807, 2.05) is 0 Å². The summed E-state index contributed by atoms with van der Waals surface area (Å²) in [4.78, 5) is 38.0. The standard InChI is InChI=1S/C14H14N2O6/c1-21-8-4-3-7-11(12(8)22-2)14(20)16-5-9(17)15(13(7)16)6-10(18)19/h3-4,13H,5-6H2,1-2H3,(H,18,19).